The Morgan fingerprint density at radius 2 is 1.83 bits per heavy atom. The van der Waals surface area contributed by atoms with Gasteiger partial charge in [0.05, 0.1) is 17.2 Å². The van der Waals surface area contributed by atoms with Gasteiger partial charge in [-0.25, -0.2) is 8.42 Å². The molecule has 156 valence electrons. The minimum Gasteiger partial charge on any atom is -0.494 e. The van der Waals surface area contributed by atoms with Gasteiger partial charge >= 0.3 is 0 Å². The number of hydrogen-bond donors (Lipinski definition) is 1. The van der Waals surface area contributed by atoms with Crippen molar-refractivity contribution in [3.8, 4) is 5.75 Å². The standard InChI is InChI=1S/C23H23NO4S2/c1-2-3-13-28-17-11-9-16(10-12-17)19-14-21(25)24-22-20(15-29-23(19)22)30(26,27)18-7-5-4-6-8-18/h4-12,15,19H,2-3,13-14H2,1H3,(H,24,25)/t19-/m0/s1. The van der Waals surface area contributed by atoms with E-state index in [0.29, 0.717) is 12.3 Å². The molecular formula is C23H23NO4S2. The summed E-state index contributed by atoms with van der Waals surface area (Å²) in [5.74, 6) is 0.438. The largest absolute Gasteiger partial charge is 0.494 e. The van der Waals surface area contributed by atoms with Gasteiger partial charge in [-0.15, -0.1) is 11.3 Å². The lowest BCUT2D eigenvalue weighted by Crippen LogP contribution is -2.23. The van der Waals surface area contributed by atoms with Crippen LogP contribution in [0.25, 0.3) is 0 Å². The Labute approximate surface area is 180 Å². The van der Waals surface area contributed by atoms with Gasteiger partial charge in [0.25, 0.3) is 0 Å². The van der Waals surface area contributed by atoms with Crippen LogP contribution in [0.15, 0.2) is 69.8 Å². The molecule has 1 aromatic heterocycles. The van der Waals surface area contributed by atoms with E-state index in [0.717, 1.165) is 29.0 Å². The molecule has 30 heavy (non-hydrogen) atoms. The molecule has 0 radical (unpaired) electrons. The molecule has 0 spiro atoms. The van der Waals surface area contributed by atoms with E-state index in [4.69, 9.17) is 4.74 Å². The van der Waals surface area contributed by atoms with Gasteiger partial charge in [-0.2, -0.15) is 0 Å². The van der Waals surface area contributed by atoms with Crippen LogP contribution in [0.2, 0.25) is 0 Å². The highest BCUT2D eigenvalue weighted by Gasteiger charge is 2.34. The van der Waals surface area contributed by atoms with E-state index < -0.39 is 9.84 Å². The van der Waals surface area contributed by atoms with Crippen LogP contribution in [0.4, 0.5) is 5.69 Å². The first-order valence-electron chi connectivity index (χ1n) is 9.95. The van der Waals surface area contributed by atoms with E-state index in [1.807, 2.05) is 24.3 Å². The summed E-state index contributed by atoms with van der Waals surface area (Å²) in [5, 5.41) is 4.43. The van der Waals surface area contributed by atoms with Gasteiger partial charge in [0.1, 0.15) is 10.6 Å². The van der Waals surface area contributed by atoms with Gasteiger partial charge in [-0.05, 0) is 36.2 Å². The van der Waals surface area contributed by atoms with Crippen molar-refractivity contribution in [2.45, 2.75) is 41.9 Å². The molecule has 2 heterocycles. The van der Waals surface area contributed by atoms with E-state index in [9.17, 15) is 13.2 Å². The molecule has 0 aliphatic carbocycles. The number of benzene rings is 2. The number of nitrogens with one attached hydrogen (secondary N) is 1. The zero-order chi connectivity index (χ0) is 21.1. The van der Waals surface area contributed by atoms with Crippen molar-refractivity contribution in [2.24, 2.45) is 0 Å². The zero-order valence-electron chi connectivity index (χ0n) is 16.6. The summed E-state index contributed by atoms with van der Waals surface area (Å²) < 4.78 is 32.0. The summed E-state index contributed by atoms with van der Waals surface area (Å²) in [6.45, 7) is 2.79. The summed E-state index contributed by atoms with van der Waals surface area (Å²) in [5.41, 5.74) is 1.38. The number of rotatable bonds is 7. The second-order valence-electron chi connectivity index (χ2n) is 7.23. The Morgan fingerprint density at radius 3 is 2.53 bits per heavy atom. The molecule has 1 atom stereocenters. The van der Waals surface area contributed by atoms with Crippen LogP contribution in [0.3, 0.4) is 0 Å². The fourth-order valence-electron chi connectivity index (χ4n) is 3.53. The van der Waals surface area contributed by atoms with Crippen LogP contribution in [0.1, 0.15) is 42.5 Å². The normalized spacial score (nSPS) is 16.0. The lowest BCUT2D eigenvalue weighted by Gasteiger charge is -2.24. The third kappa shape index (κ3) is 4.00. The van der Waals surface area contributed by atoms with Crippen LogP contribution in [-0.2, 0) is 14.6 Å². The van der Waals surface area contributed by atoms with Gasteiger partial charge in [0.2, 0.25) is 15.7 Å². The Bertz CT molecular complexity index is 1140. The molecule has 1 N–H and O–H groups in total. The number of carbonyl (C=O) groups excluding carboxylic acids is 1. The van der Waals surface area contributed by atoms with Gasteiger partial charge in [-0.1, -0.05) is 43.7 Å². The fraction of sp³-hybridized carbons (Fsp3) is 0.261. The molecule has 3 aromatic rings. The number of ether oxygens (including phenoxy) is 1. The summed E-state index contributed by atoms with van der Waals surface area (Å²) in [6, 6.07) is 16.0. The highest BCUT2D eigenvalue weighted by molar-refractivity contribution is 7.91. The number of hydrogen-bond acceptors (Lipinski definition) is 5. The van der Waals surface area contributed by atoms with Gasteiger partial charge in [0, 0.05) is 22.6 Å². The number of fused-ring (bicyclic) bond motifs is 1. The minimum absolute atomic E-state index is 0.159. The van der Waals surface area contributed by atoms with Crippen molar-refractivity contribution >= 4 is 32.8 Å². The molecule has 4 rings (SSSR count). The maximum atomic E-state index is 13.1. The second kappa shape index (κ2) is 8.62. The van der Waals surface area contributed by atoms with E-state index in [1.165, 1.54) is 11.3 Å². The molecule has 0 saturated heterocycles. The number of amides is 1. The Hall–Kier alpha value is -2.64. The fourth-order valence-corrected chi connectivity index (χ4v) is 6.46. The number of carbonyl (C=O) groups is 1. The number of thiophene rings is 1. The third-order valence-corrected chi connectivity index (χ3v) is 8.19. The highest BCUT2D eigenvalue weighted by Crippen LogP contribution is 2.46. The summed E-state index contributed by atoms with van der Waals surface area (Å²) in [4.78, 5) is 13.7. The minimum atomic E-state index is -3.71. The van der Waals surface area contributed by atoms with Crippen molar-refractivity contribution in [3.63, 3.8) is 0 Å². The molecule has 2 aromatic carbocycles. The first kappa shape index (κ1) is 20.6. The first-order chi connectivity index (χ1) is 14.5. The van der Waals surface area contributed by atoms with Crippen LogP contribution >= 0.6 is 11.3 Å². The topological polar surface area (TPSA) is 72.5 Å². The molecule has 7 heteroatoms. The molecule has 0 bridgehead atoms. The molecule has 1 aliphatic heterocycles. The zero-order valence-corrected chi connectivity index (χ0v) is 18.3. The van der Waals surface area contributed by atoms with Crippen molar-refractivity contribution in [3.05, 3.63) is 70.4 Å². The lowest BCUT2D eigenvalue weighted by molar-refractivity contribution is -0.116. The van der Waals surface area contributed by atoms with Crippen molar-refractivity contribution < 1.29 is 17.9 Å². The number of anilines is 1. The molecule has 0 fully saturated rings. The maximum absolute atomic E-state index is 13.1. The highest BCUT2D eigenvalue weighted by atomic mass is 32.2. The van der Waals surface area contributed by atoms with E-state index >= 15 is 0 Å². The average molecular weight is 442 g/mol. The average Bonchev–Trinajstić information content (AvgIpc) is 3.19. The number of unbranched alkanes of at least 4 members (excludes halogenated alkanes) is 1. The van der Waals surface area contributed by atoms with Crippen LogP contribution in [0.5, 0.6) is 5.75 Å². The maximum Gasteiger partial charge on any atom is 0.225 e. The molecule has 0 saturated carbocycles. The van der Waals surface area contributed by atoms with Crippen LogP contribution in [-0.4, -0.2) is 20.9 Å². The third-order valence-electron chi connectivity index (χ3n) is 5.15. The SMILES string of the molecule is CCCCOc1ccc([C@@H]2CC(=O)Nc3c(S(=O)(=O)c4ccccc4)csc32)cc1. The molecule has 0 unspecified atom stereocenters. The second-order valence-corrected chi connectivity index (χ2v) is 10.1. The Kier molecular flexibility index (Phi) is 5.92. The van der Waals surface area contributed by atoms with E-state index in [1.54, 1.807) is 35.7 Å². The smallest absolute Gasteiger partial charge is 0.225 e. The van der Waals surface area contributed by atoms with Crippen molar-refractivity contribution in [1.82, 2.24) is 0 Å². The van der Waals surface area contributed by atoms with Gasteiger partial charge < -0.3 is 10.1 Å². The Balaban J connectivity index is 1.66. The first-order valence-corrected chi connectivity index (χ1v) is 12.3. The van der Waals surface area contributed by atoms with E-state index in [2.05, 4.69) is 12.2 Å². The lowest BCUT2D eigenvalue weighted by atomic mass is 9.90. The van der Waals surface area contributed by atoms with Gasteiger partial charge in [0.15, 0.2) is 0 Å². The predicted octanol–water partition coefficient (Wildman–Crippen LogP) is 5.23. The summed E-state index contributed by atoms with van der Waals surface area (Å²) in [7, 11) is -3.71. The predicted molar refractivity (Wildman–Crippen MR) is 118 cm³/mol. The van der Waals surface area contributed by atoms with Crippen molar-refractivity contribution in [2.75, 3.05) is 11.9 Å². The molecule has 1 amide bonds. The van der Waals surface area contributed by atoms with Crippen molar-refractivity contribution in [1.29, 1.82) is 0 Å². The quantitative estimate of drug-likeness (QED) is 0.509. The number of sulfone groups is 1. The molecular weight excluding hydrogens is 418 g/mol. The summed E-state index contributed by atoms with van der Waals surface area (Å²) >= 11 is 1.37. The van der Waals surface area contributed by atoms with Gasteiger partial charge in [-0.3, -0.25) is 4.79 Å². The van der Waals surface area contributed by atoms with Crippen LogP contribution in [0, 0.1) is 0 Å². The monoisotopic (exact) mass is 441 g/mol. The molecule has 5 nitrogen and oxygen atoms in total. The van der Waals surface area contributed by atoms with E-state index in [-0.39, 0.29) is 28.0 Å². The molecule has 1 aliphatic rings. The Morgan fingerprint density at radius 1 is 1.10 bits per heavy atom. The summed E-state index contributed by atoms with van der Waals surface area (Å²) in [6.07, 6.45) is 2.36. The van der Waals surface area contributed by atoms with Crippen LogP contribution < -0.4 is 10.1 Å².